The molecule has 4 heteroatoms. The van der Waals surface area contributed by atoms with Gasteiger partial charge in [-0.25, -0.2) is 0 Å². The Balaban J connectivity index is 1.45. The summed E-state index contributed by atoms with van der Waals surface area (Å²) >= 11 is 0. The predicted molar refractivity (Wildman–Crippen MR) is 102 cm³/mol. The topological polar surface area (TPSA) is 50.7 Å². The third kappa shape index (κ3) is 2.05. The van der Waals surface area contributed by atoms with Gasteiger partial charge in [0, 0.05) is 22.9 Å². The van der Waals surface area contributed by atoms with Crippen molar-refractivity contribution < 1.29 is 14.6 Å². The van der Waals surface area contributed by atoms with Crippen molar-refractivity contribution in [2.24, 2.45) is 5.92 Å². The summed E-state index contributed by atoms with van der Waals surface area (Å²) in [5.74, 6) is 2.03. The lowest BCUT2D eigenvalue weighted by Gasteiger charge is -2.53. The van der Waals surface area contributed by atoms with Crippen molar-refractivity contribution in [1.82, 2.24) is 5.32 Å². The lowest BCUT2D eigenvalue weighted by Crippen LogP contribution is -2.64. The second-order valence-corrected chi connectivity index (χ2v) is 8.20. The summed E-state index contributed by atoms with van der Waals surface area (Å²) in [5, 5.41) is 14.4. The third-order valence-corrected chi connectivity index (χ3v) is 6.90. The molecule has 1 saturated heterocycles. The van der Waals surface area contributed by atoms with E-state index in [9.17, 15) is 5.11 Å². The van der Waals surface area contributed by atoms with E-state index in [1.165, 1.54) is 11.1 Å². The lowest BCUT2D eigenvalue weighted by molar-refractivity contribution is -0.0179. The van der Waals surface area contributed by atoms with Gasteiger partial charge in [0.2, 0.25) is 0 Å². The quantitative estimate of drug-likeness (QED) is 0.826. The Bertz CT molecular complexity index is 925. The van der Waals surface area contributed by atoms with E-state index in [0.717, 1.165) is 36.4 Å². The average molecular weight is 361 g/mol. The number of benzene rings is 2. The molecule has 2 aromatic carbocycles. The Labute approximate surface area is 158 Å². The van der Waals surface area contributed by atoms with E-state index in [1.54, 1.807) is 0 Å². The molecule has 5 atom stereocenters. The van der Waals surface area contributed by atoms with Crippen molar-refractivity contribution in [1.29, 1.82) is 0 Å². The monoisotopic (exact) mass is 361 g/mol. The highest BCUT2D eigenvalue weighted by molar-refractivity contribution is 5.62. The van der Waals surface area contributed by atoms with E-state index in [1.807, 2.05) is 30.3 Å². The zero-order valence-corrected chi connectivity index (χ0v) is 15.1. The van der Waals surface area contributed by atoms with Crippen LogP contribution in [0.3, 0.4) is 0 Å². The van der Waals surface area contributed by atoms with Crippen molar-refractivity contribution >= 4 is 0 Å². The first-order valence-corrected chi connectivity index (χ1v) is 9.87. The van der Waals surface area contributed by atoms with Crippen LogP contribution in [0.1, 0.15) is 23.1 Å². The molecule has 2 N–H and O–H groups in total. The molecule has 2 bridgehead atoms. The van der Waals surface area contributed by atoms with Gasteiger partial charge in [0.1, 0.15) is 18.8 Å². The van der Waals surface area contributed by atoms with Crippen LogP contribution in [0.5, 0.6) is 11.5 Å². The fourth-order valence-corrected chi connectivity index (χ4v) is 5.82. The maximum absolute atomic E-state index is 10.7. The second-order valence-electron chi connectivity index (χ2n) is 8.20. The third-order valence-electron chi connectivity index (χ3n) is 6.90. The van der Waals surface area contributed by atoms with Crippen molar-refractivity contribution in [2.75, 3.05) is 6.54 Å². The van der Waals surface area contributed by atoms with Crippen LogP contribution in [-0.2, 0) is 18.4 Å². The molecule has 0 unspecified atom stereocenters. The van der Waals surface area contributed by atoms with Gasteiger partial charge in [0.05, 0.1) is 0 Å². The average Bonchev–Trinajstić information content (AvgIpc) is 3.04. The van der Waals surface area contributed by atoms with Gasteiger partial charge >= 0.3 is 0 Å². The van der Waals surface area contributed by atoms with E-state index in [2.05, 4.69) is 29.6 Å². The molecular formula is C23H23NO3. The SMILES string of the molecule is O[C@H]1C=C[C@H]2[C@H]3Cc4ccc(OCc5ccccc5)c5c4[C@@]2(CCN3)[C@H]1O5. The van der Waals surface area contributed by atoms with Crippen LogP contribution in [0.4, 0.5) is 0 Å². The molecule has 2 heterocycles. The molecular weight excluding hydrogens is 338 g/mol. The van der Waals surface area contributed by atoms with Gasteiger partial charge in [-0.1, -0.05) is 48.6 Å². The molecule has 6 rings (SSSR count). The fraction of sp³-hybridized carbons (Fsp3) is 0.391. The Kier molecular flexibility index (Phi) is 3.26. The molecule has 0 amide bonds. The van der Waals surface area contributed by atoms with Gasteiger partial charge in [-0.05, 0) is 36.6 Å². The van der Waals surface area contributed by atoms with Crippen LogP contribution in [0.2, 0.25) is 0 Å². The summed E-state index contributed by atoms with van der Waals surface area (Å²) in [5.41, 5.74) is 3.65. The Morgan fingerprint density at radius 3 is 2.93 bits per heavy atom. The Morgan fingerprint density at radius 1 is 1.15 bits per heavy atom. The van der Waals surface area contributed by atoms with E-state index in [-0.39, 0.29) is 11.5 Å². The molecule has 0 aromatic heterocycles. The highest BCUT2D eigenvalue weighted by Gasteiger charge is 2.63. The van der Waals surface area contributed by atoms with Gasteiger partial charge in [-0.2, -0.15) is 0 Å². The van der Waals surface area contributed by atoms with Gasteiger partial charge in [-0.15, -0.1) is 0 Å². The fourth-order valence-electron chi connectivity index (χ4n) is 5.82. The van der Waals surface area contributed by atoms with Crippen LogP contribution in [0, 0.1) is 5.92 Å². The maximum atomic E-state index is 10.7. The summed E-state index contributed by atoms with van der Waals surface area (Å²) in [7, 11) is 0. The lowest BCUT2D eigenvalue weighted by atomic mass is 9.54. The molecule has 27 heavy (non-hydrogen) atoms. The zero-order chi connectivity index (χ0) is 18.0. The number of hydrogen-bond acceptors (Lipinski definition) is 4. The highest BCUT2D eigenvalue weighted by Crippen LogP contribution is 2.61. The first-order chi connectivity index (χ1) is 13.3. The van der Waals surface area contributed by atoms with E-state index >= 15 is 0 Å². The molecule has 4 aliphatic rings. The van der Waals surface area contributed by atoms with E-state index in [0.29, 0.717) is 18.6 Å². The van der Waals surface area contributed by atoms with Crippen LogP contribution in [-0.4, -0.2) is 29.9 Å². The first-order valence-electron chi connectivity index (χ1n) is 9.87. The summed E-state index contributed by atoms with van der Waals surface area (Å²) in [6.07, 6.45) is 5.35. The van der Waals surface area contributed by atoms with E-state index < -0.39 is 6.10 Å². The summed E-state index contributed by atoms with van der Waals surface area (Å²) in [6.45, 7) is 1.48. The van der Waals surface area contributed by atoms with Gasteiger partial charge in [-0.3, -0.25) is 0 Å². The molecule has 2 aliphatic heterocycles. The number of aliphatic hydroxyl groups excluding tert-OH is 1. The molecule has 0 saturated carbocycles. The van der Waals surface area contributed by atoms with Gasteiger partial charge < -0.3 is 19.9 Å². The molecule has 1 spiro atoms. The molecule has 2 aliphatic carbocycles. The maximum Gasteiger partial charge on any atom is 0.166 e. The van der Waals surface area contributed by atoms with E-state index in [4.69, 9.17) is 9.47 Å². The van der Waals surface area contributed by atoms with Crippen molar-refractivity contribution in [3.8, 4) is 11.5 Å². The first kappa shape index (κ1) is 15.7. The number of rotatable bonds is 3. The standard InChI is InChI=1S/C23H23NO3/c25-18-8-7-16-17-12-15-6-9-19(26-13-14-4-2-1-3-5-14)21-20(15)23(16,10-11-24-17)22(18)27-21/h1-9,16-18,22,24-25H,10-13H2/t16-,17+,18-,22-,23-/m0/s1. The predicted octanol–water partition coefficient (Wildman–Crippen LogP) is 2.73. The van der Waals surface area contributed by atoms with Crippen LogP contribution in [0.15, 0.2) is 54.6 Å². The normalized spacial score (nSPS) is 34.7. The second kappa shape index (κ2) is 5.60. The Hall–Kier alpha value is -2.30. The van der Waals surface area contributed by atoms with Crippen molar-refractivity contribution in [3.63, 3.8) is 0 Å². The number of ether oxygens (including phenoxy) is 2. The number of piperidine rings is 1. The molecule has 4 nitrogen and oxygen atoms in total. The van der Waals surface area contributed by atoms with Crippen LogP contribution >= 0.6 is 0 Å². The number of hydrogen-bond donors (Lipinski definition) is 2. The summed E-state index contributed by atoms with van der Waals surface area (Å²) in [6, 6.07) is 14.9. The van der Waals surface area contributed by atoms with Crippen molar-refractivity contribution in [2.45, 2.75) is 43.1 Å². The molecule has 138 valence electrons. The number of nitrogens with one attached hydrogen (secondary N) is 1. The van der Waals surface area contributed by atoms with Crippen molar-refractivity contribution in [3.05, 3.63) is 71.3 Å². The minimum absolute atomic E-state index is 0.126. The highest BCUT2D eigenvalue weighted by atomic mass is 16.5. The molecule has 2 aromatic rings. The largest absolute Gasteiger partial charge is 0.485 e. The molecule has 0 radical (unpaired) electrons. The van der Waals surface area contributed by atoms with Crippen LogP contribution < -0.4 is 14.8 Å². The van der Waals surface area contributed by atoms with Crippen LogP contribution in [0.25, 0.3) is 0 Å². The minimum atomic E-state index is -0.569. The molecule has 1 fully saturated rings. The van der Waals surface area contributed by atoms with Gasteiger partial charge in [0.15, 0.2) is 11.5 Å². The minimum Gasteiger partial charge on any atom is -0.485 e. The zero-order valence-electron chi connectivity index (χ0n) is 15.1. The summed E-state index contributed by atoms with van der Waals surface area (Å²) < 4.78 is 12.6. The smallest absolute Gasteiger partial charge is 0.166 e. The summed E-state index contributed by atoms with van der Waals surface area (Å²) in [4.78, 5) is 0. The van der Waals surface area contributed by atoms with Gasteiger partial charge in [0.25, 0.3) is 0 Å². The number of aliphatic hydroxyl groups is 1. The Morgan fingerprint density at radius 2 is 2.04 bits per heavy atom.